The van der Waals surface area contributed by atoms with E-state index in [4.69, 9.17) is 18.9 Å². The van der Waals surface area contributed by atoms with Gasteiger partial charge in [-0.2, -0.15) is 14.3 Å². The van der Waals surface area contributed by atoms with Crippen LogP contribution < -0.4 is 24.3 Å². The van der Waals surface area contributed by atoms with Gasteiger partial charge < -0.3 is 24.3 Å². The van der Waals surface area contributed by atoms with E-state index in [1.54, 1.807) is 73.8 Å². The van der Waals surface area contributed by atoms with Crippen molar-refractivity contribution in [1.82, 2.24) is 4.90 Å². The van der Waals surface area contributed by atoms with Crippen molar-refractivity contribution in [2.24, 2.45) is 0 Å². The minimum Gasteiger partial charge on any atom is -0.497 e. The lowest BCUT2D eigenvalue weighted by Gasteiger charge is -2.24. The second-order valence-electron chi connectivity index (χ2n) is 8.64. The van der Waals surface area contributed by atoms with Crippen LogP contribution in [0.15, 0.2) is 66.7 Å². The van der Waals surface area contributed by atoms with E-state index in [1.165, 1.54) is 18.8 Å². The third-order valence-corrected chi connectivity index (χ3v) is 6.37. The Hall–Kier alpha value is -4.86. The lowest BCUT2D eigenvalue weighted by Crippen LogP contribution is -2.58. The fourth-order valence-corrected chi connectivity index (χ4v) is 4.51. The number of hydrogen-bond donors (Lipinski definition) is 1. The van der Waals surface area contributed by atoms with E-state index in [0.717, 1.165) is 10.5 Å². The summed E-state index contributed by atoms with van der Waals surface area (Å²) in [5.41, 5.74) is 2.14. The zero-order valence-electron chi connectivity index (χ0n) is 21.1. The number of fused-ring (bicyclic) bond motifs is 3. The molecular weight excluding hydrogens is 490 g/mol. The van der Waals surface area contributed by atoms with Crippen LogP contribution in [0.5, 0.6) is 23.0 Å². The van der Waals surface area contributed by atoms with Crippen LogP contribution in [0.4, 0.5) is 10.5 Å². The third-order valence-electron chi connectivity index (χ3n) is 6.37. The highest BCUT2D eigenvalue weighted by Crippen LogP contribution is 2.33. The molecule has 5 rings (SSSR count). The van der Waals surface area contributed by atoms with Crippen LogP contribution in [0.25, 0.3) is 0 Å². The van der Waals surface area contributed by atoms with Gasteiger partial charge in [0, 0.05) is 11.8 Å². The topological polar surface area (TPSA) is 106 Å². The number of ether oxygens (including phenoxy) is 4. The number of benzene rings is 3. The summed E-state index contributed by atoms with van der Waals surface area (Å²) in [5, 5.41) is 2.79. The SMILES string of the molecule is COc1ccc(CN2C(=O)C3Oc4ccccc4C3=[N+](CC(=O)Nc3ccc(OC)c(OC)c3)C2=O)cc1. The van der Waals surface area contributed by atoms with Gasteiger partial charge in [-0.05, 0) is 42.0 Å². The second kappa shape index (κ2) is 10.3. The number of imide groups is 1. The number of carbonyl (C=O) groups excluding carboxylic acids is 3. The zero-order valence-corrected chi connectivity index (χ0v) is 21.1. The third kappa shape index (κ3) is 4.52. The number of anilines is 1. The summed E-state index contributed by atoms with van der Waals surface area (Å²) in [6, 6.07) is 18.5. The molecule has 0 aliphatic carbocycles. The Morgan fingerprint density at radius 2 is 1.68 bits per heavy atom. The molecule has 0 aromatic heterocycles. The Kier molecular flexibility index (Phi) is 6.69. The highest BCUT2D eigenvalue weighted by Gasteiger charge is 2.54. The summed E-state index contributed by atoms with van der Waals surface area (Å²) >= 11 is 0. The van der Waals surface area contributed by atoms with E-state index < -0.39 is 23.9 Å². The summed E-state index contributed by atoms with van der Waals surface area (Å²) < 4.78 is 23.0. The predicted molar refractivity (Wildman–Crippen MR) is 137 cm³/mol. The largest absolute Gasteiger partial charge is 0.501 e. The highest BCUT2D eigenvalue weighted by molar-refractivity contribution is 6.22. The molecule has 0 saturated heterocycles. The Bertz CT molecular complexity index is 1450. The molecule has 3 aromatic rings. The Morgan fingerprint density at radius 3 is 2.39 bits per heavy atom. The van der Waals surface area contributed by atoms with Gasteiger partial charge in [0.05, 0.1) is 26.9 Å². The number of para-hydroxylation sites is 1. The molecule has 0 spiro atoms. The molecule has 0 fully saturated rings. The first-order valence-corrected chi connectivity index (χ1v) is 11.8. The van der Waals surface area contributed by atoms with E-state index in [0.29, 0.717) is 40.0 Å². The summed E-state index contributed by atoms with van der Waals surface area (Å²) in [6.45, 7) is -0.317. The summed E-state index contributed by atoms with van der Waals surface area (Å²) in [6.07, 6.45) is -1.04. The van der Waals surface area contributed by atoms with Crippen LogP contribution in [0, 0.1) is 0 Å². The number of hydrogen-bond acceptors (Lipinski definition) is 7. The van der Waals surface area contributed by atoms with Crippen molar-refractivity contribution in [1.29, 1.82) is 0 Å². The van der Waals surface area contributed by atoms with Crippen molar-refractivity contribution in [3.8, 4) is 23.0 Å². The van der Waals surface area contributed by atoms with Crippen molar-refractivity contribution in [3.63, 3.8) is 0 Å². The zero-order chi connectivity index (χ0) is 26.8. The van der Waals surface area contributed by atoms with E-state index >= 15 is 0 Å². The first-order chi connectivity index (χ1) is 18.4. The lowest BCUT2D eigenvalue weighted by atomic mass is 10.0. The fourth-order valence-electron chi connectivity index (χ4n) is 4.51. The maximum absolute atomic E-state index is 13.7. The monoisotopic (exact) mass is 516 g/mol. The summed E-state index contributed by atoms with van der Waals surface area (Å²) in [5.74, 6) is 1.15. The van der Waals surface area contributed by atoms with Gasteiger partial charge in [0.25, 0.3) is 12.0 Å². The Labute approximate surface area is 219 Å². The van der Waals surface area contributed by atoms with Crippen molar-refractivity contribution < 1.29 is 37.9 Å². The van der Waals surface area contributed by atoms with E-state index in [1.807, 2.05) is 0 Å². The molecule has 0 radical (unpaired) electrons. The molecule has 10 heteroatoms. The smallest absolute Gasteiger partial charge is 0.497 e. The Balaban J connectivity index is 1.46. The molecule has 2 heterocycles. The van der Waals surface area contributed by atoms with Crippen molar-refractivity contribution in [2.75, 3.05) is 33.2 Å². The first-order valence-electron chi connectivity index (χ1n) is 11.8. The highest BCUT2D eigenvalue weighted by atomic mass is 16.5. The molecule has 0 saturated carbocycles. The predicted octanol–water partition coefficient (Wildman–Crippen LogP) is 3.08. The van der Waals surface area contributed by atoms with E-state index in [-0.39, 0.29) is 13.1 Å². The number of rotatable bonds is 8. The fraction of sp³-hybridized carbons (Fsp3) is 0.214. The van der Waals surface area contributed by atoms with Gasteiger partial charge in [-0.1, -0.05) is 24.3 Å². The average molecular weight is 517 g/mol. The normalized spacial score (nSPS) is 16.0. The van der Waals surface area contributed by atoms with Crippen LogP contribution >= 0.6 is 0 Å². The number of nitrogens with zero attached hydrogens (tertiary/aromatic N) is 2. The molecule has 0 bridgehead atoms. The van der Waals surface area contributed by atoms with E-state index in [9.17, 15) is 14.4 Å². The first kappa shape index (κ1) is 24.8. The lowest BCUT2D eigenvalue weighted by molar-refractivity contribution is -0.428. The van der Waals surface area contributed by atoms with Gasteiger partial charge >= 0.3 is 11.9 Å². The number of amides is 4. The molecule has 3 aromatic carbocycles. The molecule has 38 heavy (non-hydrogen) atoms. The van der Waals surface area contributed by atoms with Crippen LogP contribution in [-0.2, 0) is 16.1 Å². The maximum Gasteiger partial charge on any atom is 0.501 e. The molecule has 2 aliphatic heterocycles. The van der Waals surface area contributed by atoms with Gasteiger partial charge in [-0.15, -0.1) is 0 Å². The number of carbonyl (C=O) groups is 3. The van der Waals surface area contributed by atoms with Gasteiger partial charge in [-0.3, -0.25) is 4.79 Å². The molecule has 1 unspecified atom stereocenters. The molecule has 194 valence electrons. The van der Waals surface area contributed by atoms with Gasteiger partial charge in [0.2, 0.25) is 0 Å². The quantitative estimate of drug-likeness (QED) is 0.459. The standard InChI is InChI=1S/C28H25N3O7/c1-35-19-11-8-17(9-12-19)15-31-27(33)26-25(20-6-4-5-7-21(20)38-26)30(28(31)34)16-24(32)29-18-10-13-22(36-2)23(14-18)37-3/h4-14,26H,15-16H2,1-3H3/p+1. The van der Waals surface area contributed by atoms with Crippen LogP contribution in [0.2, 0.25) is 0 Å². The van der Waals surface area contributed by atoms with Gasteiger partial charge in [-0.25, -0.2) is 4.79 Å². The van der Waals surface area contributed by atoms with Gasteiger partial charge in [0.1, 0.15) is 18.0 Å². The minimum atomic E-state index is -1.04. The summed E-state index contributed by atoms with van der Waals surface area (Å²) in [4.78, 5) is 41.4. The number of methoxy groups -OCH3 is 3. The molecule has 4 amide bonds. The van der Waals surface area contributed by atoms with Crippen LogP contribution in [-0.4, -0.2) is 67.0 Å². The molecule has 1 atom stereocenters. The van der Waals surface area contributed by atoms with Crippen molar-refractivity contribution in [2.45, 2.75) is 12.6 Å². The number of nitrogens with one attached hydrogen (secondary N) is 1. The summed E-state index contributed by atoms with van der Waals surface area (Å²) in [7, 11) is 4.58. The molecule has 10 nitrogen and oxygen atoms in total. The average Bonchev–Trinajstić information content (AvgIpc) is 3.33. The number of urea groups is 1. The van der Waals surface area contributed by atoms with Crippen molar-refractivity contribution >= 4 is 29.2 Å². The van der Waals surface area contributed by atoms with Gasteiger partial charge in [0.15, 0.2) is 23.8 Å². The maximum atomic E-state index is 13.7. The van der Waals surface area contributed by atoms with Crippen molar-refractivity contribution in [3.05, 3.63) is 77.9 Å². The second-order valence-corrected chi connectivity index (χ2v) is 8.64. The molecule has 2 aliphatic rings. The molecule has 1 N–H and O–H groups in total. The minimum absolute atomic E-state index is 0.0128. The van der Waals surface area contributed by atoms with Crippen LogP contribution in [0.3, 0.4) is 0 Å². The van der Waals surface area contributed by atoms with Crippen LogP contribution in [0.1, 0.15) is 11.1 Å². The van der Waals surface area contributed by atoms with E-state index in [2.05, 4.69) is 5.32 Å². The molecular formula is C28H26N3O7+. The Morgan fingerprint density at radius 1 is 0.947 bits per heavy atom.